The normalized spacial score (nSPS) is 10.8. The van der Waals surface area contributed by atoms with Crippen molar-refractivity contribution in [2.75, 3.05) is 0 Å². The molecule has 3 rings (SSSR count). The first-order chi connectivity index (χ1) is 9.65. The quantitative estimate of drug-likeness (QED) is 0.699. The molecular weight excluding hydrogens is 254 g/mol. The second-order valence-electron chi connectivity index (χ2n) is 4.66. The van der Waals surface area contributed by atoms with Gasteiger partial charge in [0.15, 0.2) is 0 Å². The van der Waals surface area contributed by atoms with Crippen molar-refractivity contribution in [3.05, 3.63) is 75.2 Å². The lowest BCUT2D eigenvalue weighted by atomic mass is 10.1. The van der Waals surface area contributed by atoms with E-state index in [1.165, 1.54) is 21.4 Å². The number of aryl methyl sites for hydroxylation is 1. The van der Waals surface area contributed by atoms with Crippen molar-refractivity contribution >= 4 is 10.9 Å². The maximum Gasteiger partial charge on any atom is 0.331 e. The molecule has 0 fully saturated rings. The lowest BCUT2D eigenvalue weighted by molar-refractivity contribution is 0.640. The van der Waals surface area contributed by atoms with Crippen molar-refractivity contribution in [1.82, 2.24) is 14.1 Å². The number of rotatable bonds is 2. The number of pyridine rings is 1. The fraction of sp³-hybridized carbons (Fsp3) is 0.133. The third kappa shape index (κ3) is 2.14. The van der Waals surface area contributed by atoms with Gasteiger partial charge < -0.3 is 4.57 Å². The fourth-order valence-corrected chi connectivity index (χ4v) is 2.17. The van der Waals surface area contributed by atoms with E-state index in [-0.39, 0.29) is 17.8 Å². The van der Waals surface area contributed by atoms with E-state index < -0.39 is 0 Å². The Morgan fingerprint density at radius 1 is 1.15 bits per heavy atom. The smallest absolute Gasteiger partial charge is 0.303 e. The molecule has 0 aliphatic carbocycles. The van der Waals surface area contributed by atoms with Gasteiger partial charge in [0.25, 0.3) is 5.56 Å². The Hall–Kier alpha value is -2.69. The second kappa shape index (κ2) is 4.77. The summed E-state index contributed by atoms with van der Waals surface area (Å²) < 4.78 is 2.61. The SMILES string of the molecule is Cn1ccc(=O)n(Cc2ccc3ncccc3c2)c1=O. The third-order valence-corrected chi connectivity index (χ3v) is 3.25. The molecule has 1 aromatic carbocycles. The predicted octanol–water partition coefficient (Wildman–Crippen LogP) is 1.14. The van der Waals surface area contributed by atoms with E-state index in [1.807, 2.05) is 30.3 Å². The topological polar surface area (TPSA) is 56.9 Å². The van der Waals surface area contributed by atoms with E-state index in [1.54, 1.807) is 13.2 Å². The molecule has 3 aromatic rings. The van der Waals surface area contributed by atoms with Gasteiger partial charge in [-0.1, -0.05) is 12.1 Å². The molecule has 0 radical (unpaired) electrons. The van der Waals surface area contributed by atoms with Crippen LogP contribution in [0.2, 0.25) is 0 Å². The molecule has 0 atom stereocenters. The van der Waals surface area contributed by atoms with Crippen molar-refractivity contribution in [3.8, 4) is 0 Å². The number of fused-ring (bicyclic) bond motifs is 1. The Bertz CT molecular complexity index is 893. The zero-order valence-corrected chi connectivity index (χ0v) is 11.0. The minimum absolute atomic E-state index is 0.261. The van der Waals surface area contributed by atoms with Crippen LogP contribution in [-0.2, 0) is 13.6 Å². The number of hydrogen-bond donors (Lipinski definition) is 0. The van der Waals surface area contributed by atoms with Crippen molar-refractivity contribution in [1.29, 1.82) is 0 Å². The third-order valence-electron chi connectivity index (χ3n) is 3.25. The molecule has 2 aromatic heterocycles. The van der Waals surface area contributed by atoms with Crippen LogP contribution in [0.15, 0.2) is 58.4 Å². The molecule has 20 heavy (non-hydrogen) atoms. The molecule has 0 N–H and O–H groups in total. The highest BCUT2D eigenvalue weighted by Gasteiger charge is 2.04. The van der Waals surface area contributed by atoms with Gasteiger partial charge in [-0.05, 0) is 23.8 Å². The van der Waals surface area contributed by atoms with Crippen molar-refractivity contribution in [3.63, 3.8) is 0 Å². The van der Waals surface area contributed by atoms with Gasteiger partial charge in [-0.15, -0.1) is 0 Å². The second-order valence-corrected chi connectivity index (χ2v) is 4.66. The van der Waals surface area contributed by atoms with E-state index >= 15 is 0 Å². The van der Waals surface area contributed by atoms with Gasteiger partial charge in [-0.2, -0.15) is 0 Å². The van der Waals surface area contributed by atoms with E-state index in [0.29, 0.717) is 0 Å². The molecule has 100 valence electrons. The number of benzene rings is 1. The lowest BCUT2D eigenvalue weighted by Gasteiger charge is -2.07. The standard InChI is InChI=1S/C15H13N3O2/c1-17-8-6-14(19)18(15(17)20)10-11-4-5-13-12(9-11)3-2-7-16-13/h2-9H,10H2,1H3. The minimum atomic E-state index is -0.316. The highest BCUT2D eigenvalue weighted by atomic mass is 16.2. The fourth-order valence-electron chi connectivity index (χ4n) is 2.17. The molecule has 0 aliphatic rings. The Morgan fingerprint density at radius 2 is 2.00 bits per heavy atom. The summed E-state index contributed by atoms with van der Waals surface area (Å²) in [6.45, 7) is 0.261. The number of aromatic nitrogens is 3. The largest absolute Gasteiger partial charge is 0.331 e. The van der Waals surface area contributed by atoms with Crippen LogP contribution in [0.1, 0.15) is 5.56 Å². The average molecular weight is 267 g/mol. The van der Waals surface area contributed by atoms with Gasteiger partial charge in [-0.25, -0.2) is 4.79 Å². The van der Waals surface area contributed by atoms with Crippen LogP contribution in [0.4, 0.5) is 0 Å². The first-order valence-corrected chi connectivity index (χ1v) is 6.25. The van der Waals surface area contributed by atoms with Gasteiger partial charge >= 0.3 is 5.69 Å². The highest BCUT2D eigenvalue weighted by molar-refractivity contribution is 5.78. The first-order valence-electron chi connectivity index (χ1n) is 6.25. The summed E-state index contributed by atoms with van der Waals surface area (Å²) in [4.78, 5) is 28.0. The average Bonchev–Trinajstić information content (AvgIpc) is 2.47. The summed E-state index contributed by atoms with van der Waals surface area (Å²) in [6, 6.07) is 10.9. The Labute approximate surface area is 114 Å². The Morgan fingerprint density at radius 3 is 2.85 bits per heavy atom. The molecule has 5 nitrogen and oxygen atoms in total. The van der Waals surface area contributed by atoms with Crippen LogP contribution < -0.4 is 11.2 Å². The molecule has 5 heteroatoms. The number of nitrogens with zero attached hydrogens (tertiary/aromatic N) is 3. The number of hydrogen-bond acceptors (Lipinski definition) is 3. The Balaban J connectivity index is 2.08. The molecular formula is C15H13N3O2. The molecule has 0 amide bonds. The maximum atomic E-state index is 12.0. The van der Waals surface area contributed by atoms with E-state index in [4.69, 9.17) is 0 Å². The van der Waals surface area contributed by atoms with Gasteiger partial charge in [0.1, 0.15) is 0 Å². The lowest BCUT2D eigenvalue weighted by Crippen LogP contribution is -2.38. The predicted molar refractivity (Wildman–Crippen MR) is 76.8 cm³/mol. The minimum Gasteiger partial charge on any atom is -0.303 e. The summed E-state index contributed by atoms with van der Waals surface area (Å²) in [5, 5.41) is 0.991. The summed E-state index contributed by atoms with van der Waals surface area (Å²) in [7, 11) is 1.63. The Kier molecular flexibility index (Phi) is 2.95. The summed E-state index contributed by atoms with van der Waals surface area (Å²) >= 11 is 0. The van der Waals surface area contributed by atoms with Crippen LogP contribution in [0.5, 0.6) is 0 Å². The van der Waals surface area contributed by atoms with Crippen LogP contribution in [0.25, 0.3) is 10.9 Å². The maximum absolute atomic E-state index is 12.0. The van der Waals surface area contributed by atoms with Gasteiger partial charge in [0.05, 0.1) is 12.1 Å². The molecule has 0 unspecified atom stereocenters. The van der Waals surface area contributed by atoms with E-state index in [9.17, 15) is 9.59 Å². The highest BCUT2D eigenvalue weighted by Crippen LogP contribution is 2.13. The summed E-state index contributed by atoms with van der Waals surface area (Å²) in [5.41, 5.74) is 1.18. The van der Waals surface area contributed by atoms with Crippen LogP contribution >= 0.6 is 0 Å². The monoisotopic (exact) mass is 267 g/mol. The van der Waals surface area contributed by atoms with Gasteiger partial charge in [0, 0.05) is 30.9 Å². The van der Waals surface area contributed by atoms with Crippen LogP contribution in [0, 0.1) is 0 Å². The van der Waals surface area contributed by atoms with Crippen molar-refractivity contribution in [2.24, 2.45) is 7.05 Å². The molecule has 0 spiro atoms. The zero-order chi connectivity index (χ0) is 14.1. The van der Waals surface area contributed by atoms with E-state index in [2.05, 4.69) is 4.98 Å². The molecule has 0 aliphatic heterocycles. The summed E-state index contributed by atoms with van der Waals surface area (Å²) in [6.07, 6.45) is 3.21. The van der Waals surface area contributed by atoms with Crippen molar-refractivity contribution < 1.29 is 0 Å². The first kappa shape index (κ1) is 12.3. The van der Waals surface area contributed by atoms with Gasteiger partial charge in [0.2, 0.25) is 0 Å². The van der Waals surface area contributed by atoms with Crippen LogP contribution in [-0.4, -0.2) is 14.1 Å². The van der Waals surface area contributed by atoms with Crippen LogP contribution in [0.3, 0.4) is 0 Å². The summed E-state index contributed by atoms with van der Waals surface area (Å²) in [5.74, 6) is 0. The van der Waals surface area contributed by atoms with Gasteiger partial charge in [-0.3, -0.25) is 14.3 Å². The molecule has 0 bridgehead atoms. The zero-order valence-electron chi connectivity index (χ0n) is 11.0. The van der Waals surface area contributed by atoms with Crippen molar-refractivity contribution in [2.45, 2.75) is 6.54 Å². The molecule has 0 saturated carbocycles. The molecule has 2 heterocycles. The molecule has 0 saturated heterocycles. The van der Waals surface area contributed by atoms with E-state index in [0.717, 1.165) is 16.5 Å².